The van der Waals surface area contributed by atoms with Gasteiger partial charge in [0, 0.05) is 43.3 Å². The Morgan fingerprint density at radius 2 is 1.88 bits per heavy atom. The van der Waals surface area contributed by atoms with Crippen molar-refractivity contribution in [2.24, 2.45) is 0 Å². The second-order valence-corrected chi connectivity index (χ2v) is 8.60. The Morgan fingerprint density at radius 1 is 1.17 bits per heavy atom. The highest BCUT2D eigenvalue weighted by atomic mass is 79.9. The molecular weight excluding hydrogens is 386 g/mol. The molecule has 4 nitrogen and oxygen atoms in total. The molecule has 1 aromatic heterocycles. The van der Waals surface area contributed by atoms with Gasteiger partial charge in [-0.05, 0) is 47.1 Å². The van der Waals surface area contributed by atoms with E-state index < -0.39 is 0 Å². The van der Waals surface area contributed by atoms with E-state index >= 15 is 0 Å². The van der Waals surface area contributed by atoms with Crippen molar-refractivity contribution in [3.05, 3.63) is 51.1 Å². The lowest BCUT2D eigenvalue weighted by atomic mass is 10.2. The largest absolute Gasteiger partial charge is 0.325 e. The zero-order valence-electron chi connectivity index (χ0n) is 13.7. The molecule has 2 heterocycles. The number of thiophene rings is 1. The Labute approximate surface area is 155 Å². The average Bonchev–Trinajstić information content (AvgIpc) is 3.00. The summed E-state index contributed by atoms with van der Waals surface area (Å²) < 4.78 is 1.18. The minimum Gasteiger partial charge on any atom is -0.325 e. The third-order valence-electron chi connectivity index (χ3n) is 4.38. The van der Waals surface area contributed by atoms with Gasteiger partial charge in [-0.1, -0.05) is 18.2 Å². The van der Waals surface area contributed by atoms with Crippen molar-refractivity contribution in [2.45, 2.75) is 19.5 Å². The SMILES string of the molecule is C[C@H](C(=O)Nc1ccccc1)N1CCN(Cc2ccc(Br)s2)CC1. The van der Waals surface area contributed by atoms with E-state index in [9.17, 15) is 4.79 Å². The van der Waals surface area contributed by atoms with E-state index in [0.29, 0.717) is 0 Å². The van der Waals surface area contributed by atoms with Crippen LogP contribution in [0.4, 0.5) is 5.69 Å². The molecule has 0 unspecified atom stereocenters. The van der Waals surface area contributed by atoms with Gasteiger partial charge in [-0.2, -0.15) is 0 Å². The summed E-state index contributed by atoms with van der Waals surface area (Å²) in [5.41, 5.74) is 0.858. The number of hydrogen-bond donors (Lipinski definition) is 1. The van der Waals surface area contributed by atoms with Gasteiger partial charge >= 0.3 is 0 Å². The number of benzene rings is 1. The van der Waals surface area contributed by atoms with Gasteiger partial charge in [0.1, 0.15) is 0 Å². The smallest absolute Gasteiger partial charge is 0.241 e. The molecule has 1 fully saturated rings. The van der Waals surface area contributed by atoms with Gasteiger partial charge in [0.05, 0.1) is 9.83 Å². The number of amides is 1. The lowest BCUT2D eigenvalue weighted by Crippen LogP contribution is -2.52. The van der Waals surface area contributed by atoms with Crippen LogP contribution in [0.15, 0.2) is 46.3 Å². The molecular formula is C18H22BrN3OS. The summed E-state index contributed by atoms with van der Waals surface area (Å²) in [7, 11) is 0. The van der Waals surface area contributed by atoms with E-state index in [-0.39, 0.29) is 11.9 Å². The number of carbonyl (C=O) groups is 1. The van der Waals surface area contributed by atoms with Crippen LogP contribution in [-0.4, -0.2) is 47.9 Å². The number of halogens is 1. The molecule has 6 heteroatoms. The number of para-hydroxylation sites is 1. The third-order valence-corrected chi connectivity index (χ3v) is 5.99. The van der Waals surface area contributed by atoms with E-state index in [1.165, 1.54) is 8.66 Å². The first-order valence-corrected chi connectivity index (χ1v) is 9.79. The number of piperazine rings is 1. The van der Waals surface area contributed by atoms with Crippen LogP contribution in [0.5, 0.6) is 0 Å². The summed E-state index contributed by atoms with van der Waals surface area (Å²) in [5, 5.41) is 3.00. The molecule has 1 saturated heterocycles. The maximum Gasteiger partial charge on any atom is 0.241 e. The van der Waals surface area contributed by atoms with E-state index in [4.69, 9.17) is 0 Å². The highest BCUT2D eigenvalue weighted by Gasteiger charge is 2.25. The molecule has 128 valence electrons. The van der Waals surface area contributed by atoms with Crippen molar-refractivity contribution in [3.63, 3.8) is 0 Å². The molecule has 1 N–H and O–H groups in total. The van der Waals surface area contributed by atoms with Crippen LogP contribution in [0.2, 0.25) is 0 Å². The molecule has 1 aromatic carbocycles. The number of anilines is 1. The van der Waals surface area contributed by atoms with Crippen molar-refractivity contribution >= 4 is 38.9 Å². The molecule has 0 bridgehead atoms. The van der Waals surface area contributed by atoms with Crippen LogP contribution < -0.4 is 5.32 Å². The summed E-state index contributed by atoms with van der Waals surface area (Å²) >= 11 is 5.31. The van der Waals surface area contributed by atoms with Crippen LogP contribution in [0.1, 0.15) is 11.8 Å². The molecule has 0 saturated carbocycles. The van der Waals surface area contributed by atoms with Gasteiger partial charge in [0.25, 0.3) is 0 Å². The summed E-state index contributed by atoms with van der Waals surface area (Å²) in [6.07, 6.45) is 0. The molecule has 0 spiro atoms. The maximum atomic E-state index is 12.4. The Kier molecular flexibility index (Phi) is 6.05. The minimum absolute atomic E-state index is 0.0665. The third kappa shape index (κ3) is 4.66. The van der Waals surface area contributed by atoms with E-state index in [1.807, 2.05) is 37.3 Å². The standard InChI is InChI=1S/C18H22BrN3OS/c1-14(18(23)20-15-5-3-2-4-6-15)22-11-9-21(10-12-22)13-16-7-8-17(19)24-16/h2-8,14H,9-13H2,1H3,(H,20,23)/t14-/m1/s1. The predicted octanol–water partition coefficient (Wildman–Crippen LogP) is 3.66. The van der Waals surface area contributed by atoms with E-state index in [0.717, 1.165) is 38.4 Å². The molecule has 24 heavy (non-hydrogen) atoms. The number of nitrogens with one attached hydrogen (secondary N) is 1. The number of nitrogens with zero attached hydrogens (tertiary/aromatic N) is 2. The van der Waals surface area contributed by atoms with E-state index in [2.05, 4.69) is 43.2 Å². The Hall–Kier alpha value is -1.21. The number of hydrogen-bond acceptors (Lipinski definition) is 4. The van der Waals surface area contributed by atoms with Crippen LogP contribution in [-0.2, 0) is 11.3 Å². The maximum absolute atomic E-state index is 12.4. The van der Waals surface area contributed by atoms with Gasteiger partial charge in [-0.15, -0.1) is 11.3 Å². The fraction of sp³-hybridized carbons (Fsp3) is 0.389. The molecule has 0 radical (unpaired) electrons. The second kappa shape index (κ2) is 8.25. The van der Waals surface area contributed by atoms with Crippen LogP contribution in [0.3, 0.4) is 0 Å². The first-order valence-electron chi connectivity index (χ1n) is 8.18. The van der Waals surface area contributed by atoms with Crippen molar-refractivity contribution in [1.29, 1.82) is 0 Å². The van der Waals surface area contributed by atoms with Crippen LogP contribution in [0, 0.1) is 0 Å². The Bertz CT molecular complexity index is 668. The van der Waals surface area contributed by atoms with Crippen molar-refractivity contribution in [2.75, 3.05) is 31.5 Å². The first-order chi connectivity index (χ1) is 11.6. The Morgan fingerprint density at radius 3 is 2.50 bits per heavy atom. The molecule has 1 aliphatic heterocycles. The fourth-order valence-electron chi connectivity index (χ4n) is 2.90. The summed E-state index contributed by atoms with van der Waals surface area (Å²) in [4.78, 5) is 18.5. The predicted molar refractivity (Wildman–Crippen MR) is 103 cm³/mol. The van der Waals surface area contributed by atoms with Crippen molar-refractivity contribution in [1.82, 2.24) is 9.80 Å². The first kappa shape index (κ1) is 17.6. The summed E-state index contributed by atoms with van der Waals surface area (Å²) in [6, 6.07) is 13.8. The molecule has 2 aromatic rings. The lowest BCUT2D eigenvalue weighted by molar-refractivity contribution is -0.121. The van der Waals surface area contributed by atoms with Gasteiger partial charge in [0.15, 0.2) is 0 Å². The highest BCUT2D eigenvalue weighted by molar-refractivity contribution is 9.11. The highest BCUT2D eigenvalue weighted by Crippen LogP contribution is 2.23. The van der Waals surface area contributed by atoms with E-state index in [1.54, 1.807) is 11.3 Å². The lowest BCUT2D eigenvalue weighted by Gasteiger charge is -2.37. The average molecular weight is 408 g/mol. The second-order valence-electron chi connectivity index (χ2n) is 6.05. The Balaban J connectivity index is 1.47. The minimum atomic E-state index is -0.108. The summed E-state index contributed by atoms with van der Waals surface area (Å²) in [5.74, 6) is 0.0665. The number of rotatable bonds is 5. The van der Waals surface area contributed by atoms with Crippen molar-refractivity contribution < 1.29 is 4.79 Å². The topological polar surface area (TPSA) is 35.6 Å². The monoisotopic (exact) mass is 407 g/mol. The normalized spacial score (nSPS) is 17.6. The molecule has 1 atom stereocenters. The van der Waals surface area contributed by atoms with Crippen LogP contribution in [0.25, 0.3) is 0 Å². The quantitative estimate of drug-likeness (QED) is 0.821. The summed E-state index contributed by atoms with van der Waals surface area (Å²) in [6.45, 7) is 6.84. The zero-order valence-corrected chi connectivity index (χ0v) is 16.1. The van der Waals surface area contributed by atoms with Crippen molar-refractivity contribution in [3.8, 4) is 0 Å². The van der Waals surface area contributed by atoms with Crippen LogP contribution >= 0.6 is 27.3 Å². The van der Waals surface area contributed by atoms with Gasteiger partial charge < -0.3 is 5.32 Å². The fourth-order valence-corrected chi connectivity index (χ4v) is 4.43. The molecule has 1 aliphatic rings. The molecule has 0 aliphatic carbocycles. The molecule has 3 rings (SSSR count). The number of carbonyl (C=O) groups excluding carboxylic acids is 1. The van der Waals surface area contributed by atoms with Gasteiger partial charge in [0.2, 0.25) is 5.91 Å². The zero-order chi connectivity index (χ0) is 16.9. The van der Waals surface area contributed by atoms with Gasteiger partial charge in [-0.25, -0.2) is 0 Å². The van der Waals surface area contributed by atoms with Gasteiger partial charge in [-0.3, -0.25) is 14.6 Å². The molecule has 1 amide bonds.